The lowest BCUT2D eigenvalue weighted by Gasteiger charge is -2.29. The number of rotatable bonds is 6. The van der Waals surface area contributed by atoms with E-state index in [0.29, 0.717) is 17.8 Å². The molecule has 0 saturated carbocycles. The van der Waals surface area contributed by atoms with E-state index in [1.807, 2.05) is 19.9 Å². The van der Waals surface area contributed by atoms with E-state index >= 15 is 0 Å². The van der Waals surface area contributed by atoms with Gasteiger partial charge in [0.2, 0.25) is 5.91 Å². The average Bonchev–Trinajstić information content (AvgIpc) is 2.94. The van der Waals surface area contributed by atoms with Crippen LogP contribution >= 0.6 is 0 Å². The highest BCUT2D eigenvalue weighted by molar-refractivity contribution is 5.92. The Kier molecular flexibility index (Phi) is 7.22. The Balaban J connectivity index is 1.84. The standard InChI is InChI=1S/C19H29N5O2/c1-14(13-23(3)19(26)17-10-16(11-20)12-21-17)22-18(25)15(2)24-8-6-4-5-7-9-24/h10,12,14-15,21H,4-9,13H2,1-3H3,(H,22,25). The Morgan fingerprint density at radius 3 is 2.54 bits per heavy atom. The van der Waals surface area contributed by atoms with Crippen molar-refractivity contribution in [2.75, 3.05) is 26.7 Å². The fourth-order valence-corrected chi connectivity index (χ4v) is 3.34. The molecule has 7 heteroatoms. The van der Waals surface area contributed by atoms with Gasteiger partial charge in [0.15, 0.2) is 0 Å². The predicted molar refractivity (Wildman–Crippen MR) is 99.6 cm³/mol. The molecule has 0 aliphatic carbocycles. The van der Waals surface area contributed by atoms with E-state index in [-0.39, 0.29) is 23.9 Å². The van der Waals surface area contributed by atoms with Crippen LogP contribution in [0.5, 0.6) is 0 Å². The SMILES string of the molecule is CC(CN(C)C(=O)c1cc(C#N)c[nH]1)NC(=O)C(C)N1CCCCCC1. The van der Waals surface area contributed by atoms with Crippen LogP contribution < -0.4 is 5.32 Å². The van der Waals surface area contributed by atoms with Gasteiger partial charge in [0.05, 0.1) is 11.6 Å². The van der Waals surface area contributed by atoms with E-state index in [2.05, 4.69) is 15.2 Å². The molecule has 2 N–H and O–H groups in total. The number of hydrogen-bond acceptors (Lipinski definition) is 4. The van der Waals surface area contributed by atoms with Gasteiger partial charge in [-0.1, -0.05) is 12.8 Å². The molecule has 2 atom stereocenters. The van der Waals surface area contributed by atoms with Crippen molar-refractivity contribution in [3.63, 3.8) is 0 Å². The zero-order chi connectivity index (χ0) is 19.1. The second-order valence-electron chi connectivity index (χ2n) is 7.14. The van der Waals surface area contributed by atoms with Gasteiger partial charge in [-0.2, -0.15) is 5.26 Å². The molecule has 1 aromatic rings. The number of carbonyl (C=O) groups is 2. The number of aromatic amines is 1. The number of likely N-dealkylation sites (tertiary alicyclic amines) is 1. The maximum Gasteiger partial charge on any atom is 0.270 e. The minimum Gasteiger partial charge on any atom is -0.356 e. The van der Waals surface area contributed by atoms with Crippen molar-refractivity contribution >= 4 is 11.8 Å². The second-order valence-corrected chi connectivity index (χ2v) is 7.14. The molecular weight excluding hydrogens is 330 g/mol. The summed E-state index contributed by atoms with van der Waals surface area (Å²) in [5.41, 5.74) is 0.801. The Hall–Kier alpha value is -2.33. The molecule has 1 aliphatic heterocycles. The first-order valence-corrected chi connectivity index (χ1v) is 9.30. The van der Waals surface area contributed by atoms with Crippen molar-refractivity contribution in [2.45, 2.75) is 51.6 Å². The summed E-state index contributed by atoms with van der Waals surface area (Å²) in [6, 6.07) is 3.21. The van der Waals surface area contributed by atoms with Crippen LogP contribution in [0.1, 0.15) is 55.6 Å². The fourth-order valence-electron chi connectivity index (χ4n) is 3.34. The van der Waals surface area contributed by atoms with Crippen LogP contribution in [0.4, 0.5) is 0 Å². The number of aromatic nitrogens is 1. The molecule has 1 aromatic heterocycles. The van der Waals surface area contributed by atoms with E-state index in [0.717, 1.165) is 25.9 Å². The summed E-state index contributed by atoms with van der Waals surface area (Å²) in [7, 11) is 1.69. The van der Waals surface area contributed by atoms with E-state index < -0.39 is 0 Å². The molecule has 0 aromatic carbocycles. The molecule has 2 rings (SSSR count). The third-order valence-electron chi connectivity index (χ3n) is 4.89. The molecule has 0 radical (unpaired) electrons. The lowest BCUT2D eigenvalue weighted by molar-refractivity contribution is -0.126. The van der Waals surface area contributed by atoms with E-state index in [1.165, 1.54) is 25.1 Å². The van der Waals surface area contributed by atoms with Crippen molar-refractivity contribution in [3.05, 3.63) is 23.5 Å². The number of nitrogens with one attached hydrogen (secondary N) is 2. The van der Waals surface area contributed by atoms with Gasteiger partial charge in [0.1, 0.15) is 11.8 Å². The lowest BCUT2D eigenvalue weighted by atomic mass is 10.2. The Morgan fingerprint density at radius 2 is 1.96 bits per heavy atom. The number of nitriles is 1. The van der Waals surface area contributed by atoms with Gasteiger partial charge in [-0.05, 0) is 45.8 Å². The van der Waals surface area contributed by atoms with E-state index in [4.69, 9.17) is 5.26 Å². The highest BCUT2D eigenvalue weighted by Gasteiger charge is 2.24. The topological polar surface area (TPSA) is 92.2 Å². The predicted octanol–water partition coefficient (Wildman–Crippen LogP) is 1.73. The molecule has 2 unspecified atom stereocenters. The van der Waals surface area contributed by atoms with Crippen molar-refractivity contribution in [1.29, 1.82) is 5.26 Å². The summed E-state index contributed by atoms with van der Waals surface area (Å²) in [5.74, 6) is -0.194. The van der Waals surface area contributed by atoms with Crippen LogP contribution in [0.25, 0.3) is 0 Å². The molecule has 1 aliphatic rings. The van der Waals surface area contributed by atoms with Gasteiger partial charge < -0.3 is 15.2 Å². The van der Waals surface area contributed by atoms with Crippen molar-refractivity contribution in [1.82, 2.24) is 20.1 Å². The lowest BCUT2D eigenvalue weighted by Crippen LogP contribution is -2.50. The number of nitrogens with zero attached hydrogens (tertiary/aromatic N) is 3. The quantitative estimate of drug-likeness (QED) is 0.809. The first kappa shape index (κ1) is 20.0. The minimum absolute atomic E-state index is 0.00638. The summed E-state index contributed by atoms with van der Waals surface area (Å²) < 4.78 is 0. The van der Waals surface area contributed by atoms with Crippen molar-refractivity contribution in [2.24, 2.45) is 0 Å². The first-order chi connectivity index (χ1) is 12.4. The van der Waals surface area contributed by atoms with Gasteiger partial charge in [-0.25, -0.2) is 0 Å². The molecule has 2 amide bonds. The van der Waals surface area contributed by atoms with Crippen molar-refractivity contribution < 1.29 is 9.59 Å². The van der Waals surface area contributed by atoms with Gasteiger partial charge in [-0.15, -0.1) is 0 Å². The number of amides is 2. The Bertz CT molecular complexity index is 655. The average molecular weight is 359 g/mol. The van der Waals surface area contributed by atoms with Crippen molar-refractivity contribution in [3.8, 4) is 6.07 Å². The normalized spacial score (nSPS) is 17.6. The van der Waals surface area contributed by atoms with E-state index in [1.54, 1.807) is 11.9 Å². The number of likely N-dealkylation sites (N-methyl/N-ethyl adjacent to an activating group) is 1. The summed E-state index contributed by atoms with van der Waals surface area (Å²) in [5, 5.41) is 11.9. The minimum atomic E-state index is -0.201. The monoisotopic (exact) mass is 359 g/mol. The van der Waals surface area contributed by atoms with Crippen LogP contribution in [0.2, 0.25) is 0 Å². The maximum absolute atomic E-state index is 12.5. The molecule has 2 heterocycles. The molecule has 7 nitrogen and oxygen atoms in total. The Morgan fingerprint density at radius 1 is 1.31 bits per heavy atom. The first-order valence-electron chi connectivity index (χ1n) is 9.30. The Labute approximate surface area is 155 Å². The third-order valence-corrected chi connectivity index (χ3v) is 4.89. The summed E-state index contributed by atoms with van der Waals surface area (Å²) in [6.45, 7) is 6.18. The molecule has 1 fully saturated rings. The third kappa shape index (κ3) is 5.33. The smallest absolute Gasteiger partial charge is 0.270 e. The zero-order valence-corrected chi connectivity index (χ0v) is 15.9. The summed E-state index contributed by atoms with van der Waals surface area (Å²) in [6.07, 6.45) is 6.27. The molecule has 142 valence electrons. The van der Waals surface area contributed by atoms with Crippen LogP contribution in [0.3, 0.4) is 0 Å². The van der Waals surface area contributed by atoms with Gasteiger partial charge >= 0.3 is 0 Å². The largest absolute Gasteiger partial charge is 0.356 e. The summed E-state index contributed by atoms with van der Waals surface area (Å²) in [4.78, 5) is 31.5. The molecule has 26 heavy (non-hydrogen) atoms. The zero-order valence-electron chi connectivity index (χ0n) is 15.9. The second kappa shape index (κ2) is 9.39. The van der Waals surface area contributed by atoms with Crippen LogP contribution in [0.15, 0.2) is 12.3 Å². The van der Waals surface area contributed by atoms with E-state index in [9.17, 15) is 9.59 Å². The maximum atomic E-state index is 12.5. The summed E-state index contributed by atoms with van der Waals surface area (Å²) >= 11 is 0. The number of carbonyl (C=O) groups excluding carboxylic acids is 2. The fraction of sp³-hybridized carbons (Fsp3) is 0.632. The van der Waals surface area contributed by atoms with Gasteiger partial charge in [0, 0.05) is 25.8 Å². The number of H-pyrrole nitrogens is 1. The highest BCUT2D eigenvalue weighted by Crippen LogP contribution is 2.13. The van der Waals surface area contributed by atoms with Crippen LogP contribution in [-0.4, -0.2) is 65.4 Å². The van der Waals surface area contributed by atoms with Crippen LogP contribution in [0, 0.1) is 11.3 Å². The highest BCUT2D eigenvalue weighted by atomic mass is 16.2. The van der Waals surface area contributed by atoms with Gasteiger partial charge in [0.25, 0.3) is 5.91 Å². The number of hydrogen-bond donors (Lipinski definition) is 2. The van der Waals surface area contributed by atoms with Gasteiger partial charge in [-0.3, -0.25) is 14.5 Å². The molecule has 0 spiro atoms. The molecule has 1 saturated heterocycles. The molecular formula is C19H29N5O2. The molecule has 0 bridgehead atoms. The van der Waals surface area contributed by atoms with Crippen LogP contribution in [-0.2, 0) is 4.79 Å².